The van der Waals surface area contributed by atoms with E-state index in [1.807, 2.05) is 11.3 Å². The van der Waals surface area contributed by atoms with Crippen molar-refractivity contribution >= 4 is 11.3 Å². The summed E-state index contributed by atoms with van der Waals surface area (Å²) in [4.78, 5) is 5.39. The molecule has 0 aromatic carbocycles. The summed E-state index contributed by atoms with van der Waals surface area (Å²) in [6.45, 7) is 14.2. The molecule has 1 aromatic rings. The molecule has 1 rings (SSSR count). The van der Waals surface area contributed by atoms with Gasteiger partial charge < -0.3 is 5.73 Å². The minimum absolute atomic E-state index is 0.239. The highest BCUT2D eigenvalue weighted by atomic mass is 32.1. The van der Waals surface area contributed by atoms with Crippen LogP contribution in [0.4, 0.5) is 0 Å². The van der Waals surface area contributed by atoms with Gasteiger partial charge in [-0.15, -0.1) is 11.3 Å². The maximum atomic E-state index is 6.04. The largest absolute Gasteiger partial charge is 0.329 e. The van der Waals surface area contributed by atoms with Crippen LogP contribution in [0.1, 0.15) is 63.3 Å². The van der Waals surface area contributed by atoms with Crippen LogP contribution in [0.15, 0.2) is 12.1 Å². The molecule has 2 N–H and O–H groups in total. The van der Waals surface area contributed by atoms with Crippen LogP contribution in [0.25, 0.3) is 0 Å². The van der Waals surface area contributed by atoms with Crippen molar-refractivity contribution in [2.24, 2.45) is 5.73 Å². The van der Waals surface area contributed by atoms with Crippen LogP contribution in [0.2, 0.25) is 0 Å². The molecular formula is C16H30N2S. The van der Waals surface area contributed by atoms with E-state index in [4.69, 9.17) is 5.73 Å². The number of hydrogen-bond donors (Lipinski definition) is 1. The number of rotatable bonds is 7. The predicted molar refractivity (Wildman–Crippen MR) is 87.0 cm³/mol. The van der Waals surface area contributed by atoms with Gasteiger partial charge in [0.1, 0.15) is 0 Å². The van der Waals surface area contributed by atoms with Crippen molar-refractivity contribution < 1.29 is 0 Å². The smallest absolute Gasteiger partial charge is 0.0564 e. The highest BCUT2D eigenvalue weighted by Crippen LogP contribution is 2.34. The quantitative estimate of drug-likeness (QED) is 0.813. The summed E-state index contributed by atoms with van der Waals surface area (Å²) in [6.07, 6.45) is 2.49. The zero-order chi connectivity index (χ0) is 14.5. The van der Waals surface area contributed by atoms with E-state index in [2.05, 4.69) is 51.7 Å². The van der Waals surface area contributed by atoms with Crippen molar-refractivity contribution in [2.75, 3.05) is 19.6 Å². The van der Waals surface area contributed by atoms with Crippen molar-refractivity contribution in [1.29, 1.82) is 0 Å². The molecular weight excluding hydrogens is 252 g/mol. The minimum atomic E-state index is 0.239. The Balaban J connectivity index is 2.86. The van der Waals surface area contributed by atoms with Crippen LogP contribution >= 0.6 is 11.3 Å². The lowest BCUT2D eigenvalue weighted by molar-refractivity contribution is 0.212. The summed E-state index contributed by atoms with van der Waals surface area (Å²) < 4.78 is 0. The van der Waals surface area contributed by atoms with E-state index >= 15 is 0 Å². The van der Waals surface area contributed by atoms with Gasteiger partial charge in [0.15, 0.2) is 0 Å². The van der Waals surface area contributed by atoms with Crippen LogP contribution in [0.5, 0.6) is 0 Å². The number of nitrogens with two attached hydrogens (primary N) is 1. The molecule has 1 aromatic heterocycles. The molecule has 0 bridgehead atoms. The standard InChI is InChI=1S/C16H30N2S/c1-6-8-11-18(7-2)13(12-17)14-9-10-15(19-14)16(3,4)5/h9-10,13H,6-8,11-12,17H2,1-5H3. The topological polar surface area (TPSA) is 29.3 Å². The fraction of sp³-hybridized carbons (Fsp3) is 0.750. The van der Waals surface area contributed by atoms with Gasteiger partial charge in [-0.1, -0.05) is 41.0 Å². The Hall–Kier alpha value is -0.380. The number of hydrogen-bond acceptors (Lipinski definition) is 3. The summed E-state index contributed by atoms with van der Waals surface area (Å²) in [5.74, 6) is 0. The van der Waals surface area contributed by atoms with Gasteiger partial charge in [0.2, 0.25) is 0 Å². The predicted octanol–water partition coefficient (Wildman–Crippen LogP) is 4.17. The van der Waals surface area contributed by atoms with Crippen molar-refractivity contribution in [3.63, 3.8) is 0 Å². The van der Waals surface area contributed by atoms with Gasteiger partial charge in [0.05, 0.1) is 6.04 Å². The van der Waals surface area contributed by atoms with Gasteiger partial charge in [-0.05, 0) is 37.1 Å². The molecule has 0 aliphatic heterocycles. The average Bonchev–Trinajstić information content (AvgIpc) is 2.83. The maximum absolute atomic E-state index is 6.04. The molecule has 0 saturated carbocycles. The molecule has 0 aliphatic rings. The summed E-state index contributed by atoms with van der Waals surface area (Å²) in [5.41, 5.74) is 6.27. The molecule has 3 heteroatoms. The molecule has 0 aliphatic carbocycles. The fourth-order valence-electron chi connectivity index (χ4n) is 2.28. The fourth-order valence-corrected chi connectivity index (χ4v) is 3.49. The van der Waals surface area contributed by atoms with Gasteiger partial charge in [0.25, 0.3) is 0 Å². The lowest BCUT2D eigenvalue weighted by Crippen LogP contribution is -2.34. The Kier molecular flexibility index (Phi) is 6.51. The van der Waals surface area contributed by atoms with Gasteiger partial charge >= 0.3 is 0 Å². The van der Waals surface area contributed by atoms with E-state index in [9.17, 15) is 0 Å². The molecule has 1 heterocycles. The minimum Gasteiger partial charge on any atom is -0.329 e. The zero-order valence-corrected chi connectivity index (χ0v) is 14.0. The highest BCUT2D eigenvalue weighted by molar-refractivity contribution is 7.12. The lowest BCUT2D eigenvalue weighted by atomic mass is 9.95. The van der Waals surface area contributed by atoms with Crippen LogP contribution < -0.4 is 5.73 Å². The normalized spacial score (nSPS) is 14.1. The second kappa shape index (κ2) is 7.41. The van der Waals surface area contributed by atoms with Crippen LogP contribution in [0, 0.1) is 0 Å². The Labute approximate surface area is 123 Å². The number of thiophene rings is 1. The van der Waals surface area contributed by atoms with Crippen LogP contribution in [-0.2, 0) is 5.41 Å². The van der Waals surface area contributed by atoms with E-state index in [1.165, 1.54) is 22.6 Å². The first-order valence-electron chi connectivity index (χ1n) is 7.48. The molecule has 2 nitrogen and oxygen atoms in total. The van der Waals surface area contributed by atoms with Gasteiger partial charge in [0, 0.05) is 16.3 Å². The van der Waals surface area contributed by atoms with Crippen LogP contribution in [0.3, 0.4) is 0 Å². The first-order valence-corrected chi connectivity index (χ1v) is 8.30. The van der Waals surface area contributed by atoms with Crippen molar-refractivity contribution in [3.8, 4) is 0 Å². The molecule has 0 saturated heterocycles. The third kappa shape index (κ3) is 4.59. The zero-order valence-electron chi connectivity index (χ0n) is 13.2. The molecule has 0 amide bonds. The maximum Gasteiger partial charge on any atom is 0.0564 e. The van der Waals surface area contributed by atoms with E-state index < -0.39 is 0 Å². The molecule has 1 atom stereocenters. The second-order valence-corrected chi connectivity index (χ2v) is 7.30. The highest BCUT2D eigenvalue weighted by Gasteiger charge is 2.22. The number of nitrogens with zero attached hydrogens (tertiary/aromatic N) is 1. The third-order valence-corrected chi connectivity index (χ3v) is 5.18. The van der Waals surface area contributed by atoms with Crippen LogP contribution in [-0.4, -0.2) is 24.5 Å². The summed E-state index contributed by atoms with van der Waals surface area (Å²) in [6, 6.07) is 4.94. The van der Waals surface area contributed by atoms with Crippen molar-refractivity contribution in [2.45, 2.75) is 58.9 Å². The number of likely N-dealkylation sites (N-methyl/N-ethyl adjacent to an activating group) is 1. The molecule has 0 spiro atoms. The second-order valence-electron chi connectivity index (χ2n) is 6.19. The monoisotopic (exact) mass is 282 g/mol. The molecule has 0 radical (unpaired) electrons. The van der Waals surface area contributed by atoms with Gasteiger partial charge in [-0.25, -0.2) is 0 Å². The van der Waals surface area contributed by atoms with E-state index in [0.29, 0.717) is 12.6 Å². The van der Waals surface area contributed by atoms with E-state index in [0.717, 1.165) is 13.1 Å². The molecule has 1 unspecified atom stereocenters. The Morgan fingerprint density at radius 3 is 2.37 bits per heavy atom. The molecule has 110 valence electrons. The van der Waals surface area contributed by atoms with Gasteiger partial charge in [-0.3, -0.25) is 4.90 Å². The molecule has 19 heavy (non-hydrogen) atoms. The lowest BCUT2D eigenvalue weighted by Gasteiger charge is -2.29. The van der Waals surface area contributed by atoms with E-state index in [1.54, 1.807) is 0 Å². The first kappa shape index (κ1) is 16.7. The first-order chi connectivity index (χ1) is 8.93. The van der Waals surface area contributed by atoms with Crippen molar-refractivity contribution in [3.05, 3.63) is 21.9 Å². The van der Waals surface area contributed by atoms with Gasteiger partial charge in [-0.2, -0.15) is 0 Å². The summed E-state index contributed by atoms with van der Waals surface area (Å²) >= 11 is 1.93. The Bertz CT molecular complexity index is 365. The Morgan fingerprint density at radius 2 is 1.95 bits per heavy atom. The van der Waals surface area contributed by atoms with E-state index in [-0.39, 0.29) is 5.41 Å². The average molecular weight is 282 g/mol. The summed E-state index contributed by atoms with van der Waals surface area (Å²) in [7, 11) is 0. The summed E-state index contributed by atoms with van der Waals surface area (Å²) in [5, 5.41) is 0. The molecule has 0 fully saturated rings. The number of unbranched alkanes of at least 4 members (excludes halogenated alkanes) is 1. The SMILES string of the molecule is CCCCN(CC)C(CN)c1ccc(C(C)(C)C)s1. The Morgan fingerprint density at radius 1 is 1.26 bits per heavy atom. The van der Waals surface area contributed by atoms with Crippen molar-refractivity contribution in [1.82, 2.24) is 4.90 Å². The third-order valence-electron chi connectivity index (χ3n) is 3.56.